The lowest BCUT2D eigenvalue weighted by Gasteiger charge is -2.10. The molecule has 0 spiro atoms. The molecule has 108 valence electrons. The van der Waals surface area contributed by atoms with E-state index < -0.39 is 0 Å². The molecule has 1 heterocycles. The SMILES string of the molecule is CCCNCc1csc(Nc2c(C)cc(C)cc2Cl)n1. The van der Waals surface area contributed by atoms with Gasteiger partial charge in [-0.15, -0.1) is 11.3 Å². The lowest BCUT2D eigenvalue weighted by molar-refractivity contribution is 0.667. The monoisotopic (exact) mass is 309 g/mol. The van der Waals surface area contributed by atoms with E-state index >= 15 is 0 Å². The van der Waals surface area contributed by atoms with Crippen molar-refractivity contribution < 1.29 is 0 Å². The summed E-state index contributed by atoms with van der Waals surface area (Å²) in [4.78, 5) is 4.57. The summed E-state index contributed by atoms with van der Waals surface area (Å²) < 4.78 is 0. The summed E-state index contributed by atoms with van der Waals surface area (Å²) in [7, 11) is 0. The van der Waals surface area contributed by atoms with E-state index in [9.17, 15) is 0 Å². The van der Waals surface area contributed by atoms with E-state index in [2.05, 4.69) is 40.9 Å². The summed E-state index contributed by atoms with van der Waals surface area (Å²) in [6, 6.07) is 4.08. The number of nitrogens with zero attached hydrogens (tertiary/aromatic N) is 1. The molecule has 0 unspecified atom stereocenters. The Hall–Kier alpha value is -1.10. The van der Waals surface area contributed by atoms with Gasteiger partial charge in [-0.2, -0.15) is 0 Å². The zero-order valence-electron chi connectivity index (χ0n) is 12.1. The molecular weight excluding hydrogens is 290 g/mol. The van der Waals surface area contributed by atoms with Crippen LogP contribution in [0.15, 0.2) is 17.5 Å². The van der Waals surface area contributed by atoms with Gasteiger partial charge in [-0.05, 0) is 44.0 Å². The van der Waals surface area contributed by atoms with Gasteiger partial charge in [0.05, 0.1) is 16.4 Å². The summed E-state index contributed by atoms with van der Waals surface area (Å²) >= 11 is 7.90. The summed E-state index contributed by atoms with van der Waals surface area (Å²) in [5.41, 5.74) is 4.31. The molecule has 5 heteroatoms. The largest absolute Gasteiger partial charge is 0.330 e. The topological polar surface area (TPSA) is 37.0 Å². The van der Waals surface area contributed by atoms with E-state index in [1.807, 2.05) is 13.0 Å². The number of anilines is 2. The van der Waals surface area contributed by atoms with Crippen LogP contribution >= 0.6 is 22.9 Å². The summed E-state index contributed by atoms with van der Waals surface area (Å²) in [5.74, 6) is 0. The Labute approximate surface area is 129 Å². The van der Waals surface area contributed by atoms with Gasteiger partial charge in [0.15, 0.2) is 5.13 Å². The minimum Gasteiger partial charge on any atom is -0.330 e. The molecule has 0 saturated heterocycles. The second-order valence-electron chi connectivity index (χ2n) is 4.88. The average Bonchev–Trinajstić information content (AvgIpc) is 2.82. The van der Waals surface area contributed by atoms with Crippen molar-refractivity contribution in [3.63, 3.8) is 0 Å². The van der Waals surface area contributed by atoms with E-state index in [1.165, 1.54) is 5.56 Å². The van der Waals surface area contributed by atoms with Crippen LogP contribution in [-0.2, 0) is 6.54 Å². The van der Waals surface area contributed by atoms with Gasteiger partial charge in [0.2, 0.25) is 0 Å². The van der Waals surface area contributed by atoms with Gasteiger partial charge < -0.3 is 10.6 Å². The molecule has 0 saturated carbocycles. The fraction of sp³-hybridized carbons (Fsp3) is 0.400. The molecule has 20 heavy (non-hydrogen) atoms. The molecule has 0 atom stereocenters. The van der Waals surface area contributed by atoms with Gasteiger partial charge in [-0.1, -0.05) is 24.6 Å². The Morgan fingerprint density at radius 3 is 2.80 bits per heavy atom. The van der Waals surface area contributed by atoms with Crippen molar-refractivity contribution in [2.24, 2.45) is 0 Å². The highest BCUT2D eigenvalue weighted by atomic mass is 35.5. The van der Waals surface area contributed by atoms with Crippen LogP contribution in [0.3, 0.4) is 0 Å². The van der Waals surface area contributed by atoms with E-state index in [-0.39, 0.29) is 0 Å². The van der Waals surface area contributed by atoms with Gasteiger partial charge >= 0.3 is 0 Å². The number of nitrogens with one attached hydrogen (secondary N) is 2. The molecule has 0 amide bonds. The first kappa shape index (κ1) is 15.3. The van der Waals surface area contributed by atoms with Crippen LogP contribution in [0.25, 0.3) is 0 Å². The number of rotatable bonds is 6. The second kappa shape index (κ2) is 7.07. The maximum Gasteiger partial charge on any atom is 0.187 e. The third-order valence-corrected chi connectivity index (χ3v) is 4.05. The predicted molar refractivity (Wildman–Crippen MR) is 88.3 cm³/mol. The summed E-state index contributed by atoms with van der Waals surface area (Å²) in [5, 5.41) is 10.4. The van der Waals surface area contributed by atoms with Crippen LogP contribution < -0.4 is 10.6 Å². The van der Waals surface area contributed by atoms with Gasteiger partial charge in [-0.3, -0.25) is 0 Å². The molecule has 0 radical (unpaired) electrons. The van der Waals surface area contributed by atoms with Crippen molar-refractivity contribution in [1.29, 1.82) is 0 Å². The predicted octanol–water partition coefficient (Wildman–Crippen LogP) is 4.66. The Balaban J connectivity index is 2.07. The molecule has 0 aliphatic carbocycles. The third-order valence-electron chi connectivity index (χ3n) is 2.95. The first-order chi connectivity index (χ1) is 9.60. The Kier molecular flexibility index (Phi) is 5.40. The highest BCUT2D eigenvalue weighted by Gasteiger charge is 2.08. The fourth-order valence-corrected chi connectivity index (χ4v) is 3.10. The zero-order chi connectivity index (χ0) is 14.5. The number of benzene rings is 1. The number of aromatic nitrogens is 1. The van der Waals surface area contributed by atoms with Crippen LogP contribution in [0.1, 0.15) is 30.2 Å². The number of aryl methyl sites for hydroxylation is 2. The molecule has 2 N–H and O–H groups in total. The van der Waals surface area contributed by atoms with Crippen molar-refractivity contribution in [2.45, 2.75) is 33.7 Å². The normalized spacial score (nSPS) is 10.8. The molecule has 1 aromatic heterocycles. The standard InChI is InChI=1S/C15H20ClN3S/c1-4-5-17-8-12-9-20-15(18-12)19-14-11(3)6-10(2)7-13(14)16/h6-7,9,17H,4-5,8H2,1-3H3,(H,18,19). The van der Waals surface area contributed by atoms with Crippen LogP contribution in [0.4, 0.5) is 10.8 Å². The molecule has 0 bridgehead atoms. The smallest absolute Gasteiger partial charge is 0.187 e. The van der Waals surface area contributed by atoms with E-state index in [0.29, 0.717) is 0 Å². The average molecular weight is 310 g/mol. The van der Waals surface area contributed by atoms with Gasteiger partial charge in [-0.25, -0.2) is 4.98 Å². The van der Waals surface area contributed by atoms with Gasteiger partial charge in [0, 0.05) is 11.9 Å². The molecule has 0 aliphatic heterocycles. The summed E-state index contributed by atoms with van der Waals surface area (Å²) in [6.07, 6.45) is 1.13. The lowest BCUT2D eigenvalue weighted by atomic mass is 10.1. The highest BCUT2D eigenvalue weighted by molar-refractivity contribution is 7.13. The summed E-state index contributed by atoms with van der Waals surface area (Å²) in [6.45, 7) is 8.08. The van der Waals surface area contributed by atoms with Crippen molar-refractivity contribution >= 4 is 33.8 Å². The van der Waals surface area contributed by atoms with Gasteiger partial charge in [0.25, 0.3) is 0 Å². The van der Waals surface area contributed by atoms with Crippen LogP contribution in [-0.4, -0.2) is 11.5 Å². The molecule has 0 fully saturated rings. The molecule has 3 nitrogen and oxygen atoms in total. The van der Waals surface area contributed by atoms with Crippen LogP contribution in [0.2, 0.25) is 5.02 Å². The fourth-order valence-electron chi connectivity index (χ4n) is 2.02. The maximum absolute atomic E-state index is 6.30. The van der Waals surface area contributed by atoms with E-state index in [1.54, 1.807) is 11.3 Å². The molecular formula is C15H20ClN3S. The van der Waals surface area contributed by atoms with Crippen molar-refractivity contribution in [2.75, 3.05) is 11.9 Å². The molecule has 1 aromatic carbocycles. The Morgan fingerprint density at radius 2 is 2.10 bits per heavy atom. The Morgan fingerprint density at radius 1 is 1.30 bits per heavy atom. The third kappa shape index (κ3) is 3.95. The number of halogens is 1. The first-order valence-corrected chi connectivity index (χ1v) is 8.04. The minimum atomic E-state index is 0.739. The van der Waals surface area contributed by atoms with Gasteiger partial charge in [0.1, 0.15) is 0 Å². The quantitative estimate of drug-likeness (QED) is 0.762. The van der Waals surface area contributed by atoms with Crippen LogP contribution in [0, 0.1) is 13.8 Å². The number of thiazole rings is 1. The molecule has 2 rings (SSSR count). The van der Waals surface area contributed by atoms with E-state index in [4.69, 9.17) is 11.6 Å². The minimum absolute atomic E-state index is 0.739. The van der Waals surface area contributed by atoms with Crippen molar-refractivity contribution in [3.05, 3.63) is 39.4 Å². The Bertz CT molecular complexity index is 557. The maximum atomic E-state index is 6.30. The van der Waals surface area contributed by atoms with Crippen molar-refractivity contribution in [1.82, 2.24) is 10.3 Å². The lowest BCUT2D eigenvalue weighted by Crippen LogP contribution is -2.13. The van der Waals surface area contributed by atoms with E-state index in [0.717, 1.165) is 46.6 Å². The highest BCUT2D eigenvalue weighted by Crippen LogP contribution is 2.31. The number of hydrogen-bond donors (Lipinski definition) is 2. The molecule has 0 aliphatic rings. The zero-order valence-corrected chi connectivity index (χ0v) is 13.7. The second-order valence-corrected chi connectivity index (χ2v) is 6.15. The van der Waals surface area contributed by atoms with Crippen molar-refractivity contribution in [3.8, 4) is 0 Å². The first-order valence-electron chi connectivity index (χ1n) is 6.79. The van der Waals surface area contributed by atoms with Crippen LogP contribution in [0.5, 0.6) is 0 Å². The number of hydrogen-bond acceptors (Lipinski definition) is 4. The molecule has 2 aromatic rings.